The molecular formula is C17H14ClF2NO4. The number of alkyl halides is 2. The van der Waals surface area contributed by atoms with E-state index in [-0.39, 0.29) is 11.3 Å². The Morgan fingerprint density at radius 3 is 2.36 bits per heavy atom. The summed E-state index contributed by atoms with van der Waals surface area (Å²) in [7, 11) is 0. The molecule has 0 saturated heterocycles. The lowest BCUT2D eigenvalue weighted by Gasteiger charge is -2.15. The Morgan fingerprint density at radius 1 is 1.08 bits per heavy atom. The van der Waals surface area contributed by atoms with Gasteiger partial charge in [0.2, 0.25) is 0 Å². The summed E-state index contributed by atoms with van der Waals surface area (Å²) in [5.41, 5.74) is 0.271. The van der Waals surface area contributed by atoms with E-state index < -0.39 is 24.6 Å². The number of esters is 1. The number of halogens is 3. The van der Waals surface area contributed by atoms with E-state index in [0.29, 0.717) is 10.7 Å². The minimum absolute atomic E-state index is 0.200. The summed E-state index contributed by atoms with van der Waals surface area (Å²) < 4.78 is 34.0. The maximum atomic E-state index is 12.4. The number of para-hydroxylation sites is 1. The van der Waals surface area contributed by atoms with Gasteiger partial charge in [-0.25, -0.2) is 4.79 Å². The summed E-state index contributed by atoms with van der Waals surface area (Å²) in [5, 5.41) is 3.05. The molecule has 1 atom stereocenters. The molecular weight excluding hydrogens is 356 g/mol. The number of amides is 1. The summed E-state index contributed by atoms with van der Waals surface area (Å²) in [4.78, 5) is 24.2. The molecule has 0 bridgehead atoms. The lowest BCUT2D eigenvalue weighted by Crippen LogP contribution is -2.30. The van der Waals surface area contributed by atoms with E-state index >= 15 is 0 Å². The number of rotatable bonds is 6. The van der Waals surface area contributed by atoms with Crippen LogP contribution in [0.15, 0.2) is 48.5 Å². The van der Waals surface area contributed by atoms with E-state index in [1.807, 2.05) is 0 Å². The van der Waals surface area contributed by atoms with Crippen molar-refractivity contribution in [3.05, 3.63) is 59.1 Å². The van der Waals surface area contributed by atoms with Crippen molar-refractivity contribution < 1.29 is 27.8 Å². The fourth-order valence-corrected chi connectivity index (χ4v) is 2.01. The van der Waals surface area contributed by atoms with Crippen LogP contribution in [0.3, 0.4) is 0 Å². The lowest BCUT2D eigenvalue weighted by molar-refractivity contribution is -0.123. The minimum atomic E-state index is -3.08. The second kappa shape index (κ2) is 8.43. The highest BCUT2D eigenvalue weighted by molar-refractivity contribution is 6.30. The molecule has 0 saturated carbocycles. The first kappa shape index (κ1) is 18.7. The molecule has 0 radical (unpaired) electrons. The number of anilines is 1. The molecule has 0 aromatic heterocycles. The number of nitrogens with one attached hydrogen (secondary N) is 1. The van der Waals surface area contributed by atoms with E-state index in [4.69, 9.17) is 16.3 Å². The molecule has 2 aromatic carbocycles. The molecule has 5 nitrogen and oxygen atoms in total. The fraction of sp³-hybridized carbons (Fsp3) is 0.176. The highest BCUT2D eigenvalue weighted by Gasteiger charge is 2.22. The number of benzene rings is 2. The van der Waals surface area contributed by atoms with Gasteiger partial charge < -0.3 is 14.8 Å². The molecule has 0 unspecified atom stereocenters. The molecule has 132 valence electrons. The van der Waals surface area contributed by atoms with Gasteiger partial charge in [-0.1, -0.05) is 23.7 Å². The molecule has 0 spiro atoms. The summed E-state index contributed by atoms with van der Waals surface area (Å²) >= 11 is 5.75. The second-order valence-corrected chi connectivity index (χ2v) is 5.35. The van der Waals surface area contributed by atoms with Crippen LogP contribution in [0.4, 0.5) is 14.5 Å². The van der Waals surface area contributed by atoms with Crippen LogP contribution in [0.1, 0.15) is 17.3 Å². The third-order valence-electron chi connectivity index (χ3n) is 3.09. The van der Waals surface area contributed by atoms with Gasteiger partial charge in [0.1, 0.15) is 11.3 Å². The van der Waals surface area contributed by atoms with Crippen molar-refractivity contribution in [2.75, 3.05) is 5.32 Å². The number of carbonyl (C=O) groups is 2. The first-order valence-corrected chi connectivity index (χ1v) is 7.56. The van der Waals surface area contributed by atoms with Gasteiger partial charge in [0.25, 0.3) is 5.91 Å². The Labute approximate surface area is 147 Å². The maximum absolute atomic E-state index is 12.4. The normalized spacial score (nSPS) is 11.7. The zero-order valence-electron chi connectivity index (χ0n) is 13.0. The average molecular weight is 370 g/mol. The van der Waals surface area contributed by atoms with Crippen LogP contribution in [-0.4, -0.2) is 24.6 Å². The smallest absolute Gasteiger partial charge is 0.387 e. The summed E-state index contributed by atoms with van der Waals surface area (Å²) in [5.74, 6) is -1.86. The maximum Gasteiger partial charge on any atom is 0.387 e. The standard InChI is InChI=1S/C17H14ClF2NO4/c1-10(15(22)21-12-8-6-11(18)7-9-12)24-16(23)13-4-2-3-5-14(13)25-17(19)20/h2-10,17H,1H3,(H,21,22)/t10-/m0/s1. The highest BCUT2D eigenvalue weighted by Crippen LogP contribution is 2.22. The Kier molecular flexibility index (Phi) is 6.30. The van der Waals surface area contributed by atoms with E-state index in [0.717, 1.165) is 0 Å². The first-order chi connectivity index (χ1) is 11.9. The Bertz CT molecular complexity index is 753. The van der Waals surface area contributed by atoms with Crippen molar-refractivity contribution in [1.82, 2.24) is 0 Å². The zero-order valence-corrected chi connectivity index (χ0v) is 13.8. The van der Waals surface area contributed by atoms with Crippen LogP contribution in [0.2, 0.25) is 5.02 Å². The van der Waals surface area contributed by atoms with Crippen molar-refractivity contribution in [2.24, 2.45) is 0 Å². The zero-order chi connectivity index (χ0) is 18.4. The van der Waals surface area contributed by atoms with Gasteiger partial charge in [-0.3, -0.25) is 4.79 Å². The Morgan fingerprint density at radius 2 is 1.72 bits per heavy atom. The molecule has 1 N–H and O–H groups in total. The van der Waals surface area contributed by atoms with Crippen molar-refractivity contribution >= 4 is 29.2 Å². The van der Waals surface area contributed by atoms with Crippen LogP contribution in [0.5, 0.6) is 5.75 Å². The van der Waals surface area contributed by atoms with Gasteiger partial charge in [0.05, 0.1) is 0 Å². The topological polar surface area (TPSA) is 64.6 Å². The molecule has 0 fully saturated rings. The molecule has 0 aliphatic heterocycles. The average Bonchev–Trinajstić information content (AvgIpc) is 2.56. The molecule has 2 rings (SSSR count). The first-order valence-electron chi connectivity index (χ1n) is 7.18. The molecule has 8 heteroatoms. The minimum Gasteiger partial charge on any atom is -0.449 e. The summed E-state index contributed by atoms with van der Waals surface area (Å²) in [6.45, 7) is -1.72. The van der Waals surface area contributed by atoms with Gasteiger partial charge in [-0.15, -0.1) is 0 Å². The molecule has 1 amide bonds. The third kappa shape index (κ3) is 5.42. The fourth-order valence-electron chi connectivity index (χ4n) is 1.89. The van der Waals surface area contributed by atoms with Crippen LogP contribution in [0, 0.1) is 0 Å². The molecule has 0 heterocycles. The highest BCUT2D eigenvalue weighted by atomic mass is 35.5. The van der Waals surface area contributed by atoms with Crippen LogP contribution < -0.4 is 10.1 Å². The number of carbonyl (C=O) groups excluding carboxylic acids is 2. The van der Waals surface area contributed by atoms with Gasteiger partial charge in [-0.2, -0.15) is 8.78 Å². The Hall–Kier alpha value is -2.67. The van der Waals surface area contributed by atoms with Crippen LogP contribution in [-0.2, 0) is 9.53 Å². The van der Waals surface area contributed by atoms with Crippen LogP contribution in [0.25, 0.3) is 0 Å². The van der Waals surface area contributed by atoms with Crippen molar-refractivity contribution in [3.63, 3.8) is 0 Å². The van der Waals surface area contributed by atoms with Crippen molar-refractivity contribution in [3.8, 4) is 5.75 Å². The number of hydrogen-bond acceptors (Lipinski definition) is 4. The molecule has 0 aliphatic rings. The predicted octanol–water partition coefficient (Wildman–Crippen LogP) is 4.13. The van der Waals surface area contributed by atoms with Gasteiger partial charge >= 0.3 is 12.6 Å². The largest absolute Gasteiger partial charge is 0.449 e. The monoisotopic (exact) mass is 369 g/mol. The van der Waals surface area contributed by atoms with Gasteiger partial charge in [0, 0.05) is 10.7 Å². The van der Waals surface area contributed by atoms with Gasteiger partial charge in [0.15, 0.2) is 6.10 Å². The van der Waals surface area contributed by atoms with E-state index in [2.05, 4.69) is 10.1 Å². The van der Waals surface area contributed by atoms with E-state index in [1.54, 1.807) is 24.3 Å². The summed E-state index contributed by atoms with van der Waals surface area (Å²) in [6, 6.07) is 11.7. The summed E-state index contributed by atoms with van der Waals surface area (Å²) in [6.07, 6.45) is -1.15. The predicted molar refractivity (Wildman–Crippen MR) is 88.0 cm³/mol. The lowest BCUT2D eigenvalue weighted by atomic mass is 10.2. The van der Waals surface area contributed by atoms with Crippen molar-refractivity contribution in [1.29, 1.82) is 0 Å². The Balaban J connectivity index is 2.02. The van der Waals surface area contributed by atoms with Crippen molar-refractivity contribution in [2.45, 2.75) is 19.6 Å². The quantitative estimate of drug-likeness (QED) is 0.778. The molecule has 25 heavy (non-hydrogen) atoms. The second-order valence-electron chi connectivity index (χ2n) is 4.92. The number of hydrogen-bond donors (Lipinski definition) is 1. The van der Waals surface area contributed by atoms with Crippen LogP contribution >= 0.6 is 11.6 Å². The van der Waals surface area contributed by atoms with E-state index in [9.17, 15) is 18.4 Å². The number of ether oxygens (including phenoxy) is 2. The van der Waals surface area contributed by atoms with E-state index in [1.165, 1.54) is 31.2 Å². The van der Waals surface area contributed by atoms with Gasteiger partial charge in [-0.05, 0) is 43.3 Å². The molecule has 2 aromatic rings. The molecule has 0 aliphatic carbocycles. The SMILES string of the molecule is C[C@H](OC(=O)c1ccccc1OC(F)F)C(=O)Nc1ccc(Cl)cc1. The third-order valence-corrected chi connectivity index (χ3v) is 3.34.